The Bertz CT molecular complexity index is 713. The zero-order chi connectivity index (χ0) is 18.5. The Balaban J connectivity index is 1.29. The van der Waals surface area contributed by atoms with E-state index in [1.807, 2.05) is 35.2 Å². The molecule has 6 nitrogen and oxygen atoms in total. The van der Waals surface area contributed by atoms with Crippen LogP contribution in [-0.4, -0.2) is 54.6 Å². The zero-order valence-electron chi connectivity index (χ0n) is 15.6. The standard InChI is InChI=1S/C21H28N4O2/c26-21(25-13-10-18(16-25)23-17-7-2-1-3-8-17)22-15-19(20-9-6-14-27-20)24-11-4-5-12-24/h1-3,6-9,14,18-19,23H,4-5,10-13,15-16H2,(H,22,26)/t18-,19+/m0/s1. The highest BCUT2D eigenvalue weighted by Crippen LogP contribution is 2.25. The van der Waals surface area contributed by atoms with Crippen molar-refractivity contribution in [1.82, 2.24) is 15.1 Å². The molecule has 0 spiro atoms. The van der Waals surface area contributed by atoms with Crippen molar-refractivity contribution in [2.45, 2.75) is 31.3 Å². The molecule has 6 heteroatoms. The van der Waals surface area contributed by atoms with Crippen LogP contribution in [0.4, 0.5) is 10.5 Å². The molecule has 2 saturated heterocycles. The molecular weight excluding hydrogens is 340 g/mol. The van der Waals surface area contributed by atoms with E-state index in [0.29, 0.717) is 12.6 Å². The van der Waals surface area contributed by atoms with E-state index >= 15 is 0 Å². The van der Waals surface area contributed by atoms with Crippen molar-refractivity contribution in [3.8, 4) is 0 Å². The van der Waals surface area contributed by atoms with Crippen LogP contribution in [0.1, 0.15) is 31.1 Å². The van der Waals surface area contributed by atoms with Crippen molar-refractivity contribution in [3.63, 3.8) is 0 Å². The fraction of sp³-hybridized carbons (Fsp3) is 0.476. The van der Waals surface area contributed by atoms with Crippen molar-refractivity contribution in [1.29, 1.82) is 0 Å². The number of anilines is 1. The van der Waals surface area contributed by atoms with Crippen molar-refractivity contribution in [3.05, 3.63) is 54.5 Å². The summed E-state index contributed by atoms with van der Waals surface area (Å²) in [4.78, 5) is 17.0. The van der Waals surface area contributed by atoms with E-state index in [2.05, 4.69) is 27.7 Å². The van der Waals surface area contributed by atoms with Gasteiger partial charge in [-0.05, 0) is 56.6 Å². The molecule has 0 unspecified atom stereocenters. The molecule has 1 aromatic heterocycles. The van der Waals surface area contributed by atoms with Crippen LogP contribution in [0.3, 0.4) is 0 Å². The highest BCUT2D eigenvalue weighted by atomic mass is 16.3. The molecule has 2 fully saturated rings. The molecule has 0 saturated carbocycles. The molecule has 0 bridgehead atoms. The van der Waals surface area contributed by atoms with E-state index in [1.165, 1.54) is 12.8 Å². The first-order valence-electron chi connectivity index (χ1n) is 9.91. The summed E-state index contributed by atoms with van der Waals surface area (Å²) in [5.74, 6) is 0.933. The van der Waals surface area contributed by atoms with Gasteiger partial charge in [0.05, 0.1) is 12.3 Å². The van der Waals surface area contributed by atoms with Gasteiger partial charge in [-0.25, -0.2) is 4.79 Å². The van der Waals surface area contributed by atoms with Crippen LogP contribution in [0.5, 0.6) is 0 Å². The lowest BCUT2D eigenvalue weighted by atomic mass is 10.2. The van der Waals surface area contributed by atoms with Gasteiger partial charge >= 0.3 is 6.03 Å². The molecule has 144 valence electrons. The molecule has 2 N–H and O–H groups in total. The number of urea groups is 1. The predicted octanol–water partition coefficient (Wildman–Crippen LogP) is 3.31. The molecular formula is C21H28N4O2. The third-order valence-corrected chi connectivity index (χ3v) is 5.52. The summed E-state index contributed by atoms with van der Waals surface area (Å²) in [7, 11) is 0. The Labute approximate surface area is 160 Å². The average molecular weight is 368 g/mol. The van der Waals surface area contributed by atoms with Crippen LogP contribution in [0.2, 0.25) is 0 Å². The predicted molar refractivity (Wildman–Crippen MR) is 106 cm³/mol. The van der Waals surface area contributed by atoms with Gasteiger partial charge < -0.3 is 20.0 Å². The molecule has 0 aliphatic carbocycles. The summed E-state index contributed by atoms with van der Waals surface area (Å²) in [6, 6.07) is 14.5. The molecule has 2 atom stereocenters. The second-order valence-electron chi connectivity index (χ2n) is 7.40. The number of rotatable bonds is 6. The molecule has 2 amide bonds. The fourth-order valence-electron chi connectivity index (χ4n) is 4.07. The van der Waals surface area contributed by atoms with Crippen LogP contribution in [0.15, 0.2) is 53.1 Å². The Morgan fingerprint density at radius 3 is 2.67 bits per heavy atom. The lowest BCUT2D eigenvalue weighted by Crippen LogP contribution is -2.43. The lowest BCUT2D eigenvalue weighted by Gasteiger charge is -2.27. The van der Waals surface area contributed by atoms with Crippen LogP contribution < -0.4 is 10.6 Å². The van der Waals surface area contributed by atoms with E-state index in [-0.39, 0.29) is 12.1 Å². The lowest BCUT2D eigenvalue weighted by molar-refractivity contribution is 0.188. The van der Waals surface area contributed by atoms with Gasteiger partial charge in [0.2, 0.25) is 0 Å². The highest BCUT2D eigenvalue weighted by molar-refractivity contribution is 5.74. The van der Waals surface area contributed by atoms with Crippen LogP contribution in [-0.2, 0) is 0 Å². The van der Waals surface area contributed by atoms with Gasteiger partial charge in [0.25, 0.3) is 0 Å². The number of benzene rings is 1. The topological polar surface area (TPSA) is 60.8 Å². The average Bonchev–Trinajstić information content (AvgIpc) is 3.46. The summed E-state index contributed by atoms with van der Waals surface area (Å²) in [5.41, 5.74) is 1.11. The third-order valence-electron chi connectivity index (χ3n) is 5.52. The Kier molecular flexibility index (Phi) is 5.63. The van der Waals surface area contributed by atoms with E-state index < -0.39 is 0 Å². The summed E-state index contributed by atoms with van der Waals surface area (Å²) < 4.78 is 5.63. The number of nitrogens with one attached hydrogen (secondary N) is 2. The SMILES string of the molecule is O=C(NC[C@H](c1ccco1)N1CCCC1)N1CC[C@H](Nc2ccccc2)C1. The second kappa shape index (κ2) is 8.48. The van der Waals surface area contributed by atoms with Gasteiger partial charge in [0.15, 0.2) is 0 Å². The van der Waals surface area contributed by atoms with Crippen molar-refractivity contribution < 1.29 is 9.21 Å². The number of carbonyl (C=O) groups is 1. The minimum absolute atomic E-state index is 0.0168. The van der Waals surface area contributed by atoms with Gasteiger partial charge in [0, 0.05) is 31.4 Å². The maximum atomic E-state index is 12.7. The molecule has 4 rings (SSSR count). The molecule has 1 aromatic carbocycles. The minimum atomic E-state index is 0.0168. The monoisotopic (exact) mass is 368 g/mol. The molecule has 3 heterocycles. The van der Waals surface area contributed by atoms with Gasteiger partial charge in [-0.2, -0.15) is 0 Å². The first-order valence-corrected chi connectivity index (χ1v) is 9.91. The smallest absolute Gasteiger partial charge is 0.317 e. The number of nitrogens with zero attached hydrogens (tertiary/aromatic N) is 2. The zero-order valence-corrected chi connectivity index (χ0v) is 15.6. The van der Waals surface area contributed by atoms with Crippen LogP contribution in [0.25, 0.3) is 0 Å². The fourth-order valence-corrected chi connectivity index (χ4v) is 4.07. The van der Waals surface area contributed by atoms with Crippen molar-refractivity contribution >= 4 is 11.7 Å². The van der Waals surface area contributed by atoms with Gasteiger partial charge in [0.1, 0.15) is 5.76 Å². The minimum Gasteiger partial charge on any atom is -0.468 e. The maximum Gasteiger partial charge on any atom is 0.317 e. The summed E-state index contributed by atoms with van der Waals surface area (Å²) in [6.07, 6.45) is 5.10. The quantitative estimate of drug-likeness (QED) is 0.821. The maximum absolute atomic E-state index is 12.7. The van der Waals surface area contributed by atoms with Crippen molar-refractivity contribution in [2.24, 2.45) is 0 Å². The first-order chi connectivity index (χ1) is 13.3. The molecule has 2 aliphatic heterocycles. The number of hydrogen-bond donors (Lipinski definition) is 2. The largest absolute Gasteiger partial charge is 0.468 e. The number of para-hydroxylation sites is 1. The number of furan rings is 1. The van der Waals surface area contributed by atoms with Gasteiger partial charge in [-0.3, -0.25) is 4.90 Å². The number of carbonyl (C=O) groups excluding carboxylic acids is 1. The first kappa shape index (κ1) is 17.9. The molecule has 0 radical (unpaired) electrons. The number of hydrogen-bond acceptors (Lipinski definition) is 4. The number of likely N-dealkylation sites (tertiary alicyclic amines) is 2. The second-order valence-corrected chi connectivity index (χ2v) is 7.40. The summed E-state index contributed by atoms with van der Waals surface area (Å²) in [5, 5.41) is 6.64. The van der Waals surface area contributed by atoms with E-state index in [9.17, 15) is 4.79 Å². The van der Waals surface area contributed by atoms with E-state index in [1.54, 1.807) is 6.26 Å². The summed E-state index contributed by atoms with van der Waals surface area (Å²) >= 11 is 0. The normalized spacial score (nSPS) is 21.3. The van der Waals surface area contributed by atoms with E-state index in [4.69, 9.17) is 4.42 Å². The molecule has 2 aromatic rings. The molecule has 27 heavy (non-hydrogen) atoms. The van der Waals surface area contributed by atoms with Gasteiger partial charge in [-0.15, -0.1) is 0 Å². The summed E-state index contributed by atoms with van der Waals surface area (Å²) in [6.45, 7) is 4.23. The Hall–Kier alpha value is -2.47. The van der Waals surface area contributed by atoms with Crippen LogP contribution in [0, 0.1) is 0 Å². The number of amides is 2. The Morgan fingerprint density at radius 2 is 1.93 bits per heavy atom. The Morgan fingerprint density at radius 1 is 1.11 bits per heavy atom. The van der Waals surface area contributed by atoms with Crippen molar-refractivity contribution in [2.75, 3.05) is 38.0 Å². The van der Waals surface area contributed by atoms with Crippen LogP contribution >= 0.6 is 0 Å². The van der Waals surface area contributed by atoms with E-state index in [0.717, 1.165) is 44.0 Å². The highest BCUT2D eigenvalue weighted by Gasteiger charge is 2.29. The van der Waals surface area contributed by atoms with Gasteiger partial charge in [-0.1, -0.05) is 18.2 Å². The molecule has 2 aliphatic rings. The third kappa shape index (κ3) is 4.45.